The fourth-order valence-corrected chi connectivity index (χ4v) is 4.43. The first-order chi connectivity index (χ1) is 13.2. The Labute approximate surface area is 161 Å². The van der Waals surface area contributed by atoms with E-state index >= 15 is 0 Å². The third kappa shape index (κ3) is 4.37. The van der Waals surface area contributed by atoms with E-state index in [2.05, 4.69) is 9.59 Å². The summed E-state index contributed by atoms with van der Waals surface area (Å²) in [6.07, 6.45) is 1.26. The Bertz CT molecular complexity index is 797. The zero-order valence-electron chi connectivity index (χ0n) is 14.9. The second-order valence-corrected chi connectivity index (χ2v) is 7.65. The number of rotatable bonds is 5. The van der Waals surface area contributed by atoms with E-state index in [9.17, 15) is 8.78 Å². The molecule has 2 N–H and O–H groups in total. The van der Waals surface area contributed by atoms with E-state index in [-0.39, 0.29) is 17.8 Å². The molecule has 4 rings (SSSR count). The Balaban J connectivity index is 1.58. The van der Waals surface area contributed by atoms with Crippen LogP contribution < -0.4 is 9.80 Å². The van der Waals surface area contributed by atoms with Crippen molar-refractivity contribution in [1.29, 1.82) is 0 Å². The van der Waals surface area contributed by atoms with Gasteiger partial charge in [-0.25, -0.2) is 8.78 Å². The van der Waals surface area contributed by atoms with Crippen LogP contribution in [0, 0.1) is 11.6 Å². The maximum Gasteiger partial charge on any atom is 0.260 e. The van der Waals surface area contributed by atoms with Crippen molar-refractivity contribution in [3.8, 4) is 0 Å². The minimum Gasteiger partial charge on any atom is -0.277 e. The van der Waals surface area contributed by atoms with Crippen LogP contribution in [0.15, 0.2) is 53.9 Å². The van der Waals surface area contributed by atoms with E-state index < -0.39 is 0 Å². The van der Waals surface area contributed by atoms with Crippen molar-refractivity contribution >= 4 is 11.5 Å². The number of benzene rings is 2. The molecule has 140 valence electrons. The maximum absolute atomic E-state index is 13.2. The van der Waals surface area contributed by atoms with E-state index in [0.717, 1.165) is 49.4 Å². The molecule has 1 aromatic heterocycles. The normalized spacial score (nSPS) is 22.7. The fraction of sp³-hybridized carbons (Fsp3) is 0.300. The summed E-state index contributed by atoms with van der Waals surface area (Å²) in [5, 5.41) is 6.38. The lowest BCUT2D eigenvalue weighted by Crippen LogP contribution is -3.32. The van der Waals surface area contributed by atoms with Crippen molar-refractivity contribution in [2.24, 2.45) is 0 Å². The number of quaternary nitrogens is 2. The quantitative estimate of drug-likeness (QED) is 0.693. The smallest absolute Gasteiger partial charge is 0.260 e. The highest BCUT2D eigenvalue weighted by molar-refractivity contribution is 7.03. The molecule has 27 heavy (non-hydrogen) atoms. The molecule has 0 spiro atoms. The molecule has 1 saturated heterocycles. The van der Waals surface area contributed by atoms with Gasteiger partial charge in [-0.15, -0.1) is 5.10 Å². The molecule has 0 radical (unpaired) electrons. The Morgan fingerprint density at radius 3 is 1.81 bits per heavy atom. The van der Waals surface area contributed by atoms with E-state index in [1.807, 2.05) is 29.6 Å². The Kier molecular flexibility index (Phi) is 5.52. The monoisotopic (exact) mass is 388 g/mol. The van der Waals surface area contributed by atoms with E-state index in [1.165, 1.54) is 45.6 Å². The van der Waals surface area contributed by atoms with Gasteiger partial charge in [0.05, 0.1) is 13.1 Å². The molecule has 2 unspecified atom stereocenters. The fourth-order valence-electron chi connectivity index (χ4n) is 3.95. The summed E-state index contributed by atoms with van der Waals surface area (Å²) in [4.78, 5) is 2.80. The summed E-state index contributed by atoms with van der Waals surface area (Å²) in [5.74, 6) is -0.424. The number of nitrogens with one attached hydrogen (secondary N) is 2. The predicted octanol–water partition coefficient (Wildman–Crippen LogP) is 1.39. The first-order valence-corrected chi connectivity index (χ1v) is 9.98. The standard InChI is InChI=1S/C20H20F2N4S/c21-17-6-2-15(3-7-17)12-25-10-1-11-26(20(25)19-14-27-24-23-19)13-16-4-8-18(22)9-5-16/h2-9,14,20H,1,10-13H2/p+2. The van der Waals surface area contributed by atoms with Gasteiger partial charge in [0.2, 0.25) is 0 Å². The lowest BCUT2D eigenvalue weighted by Gasteiger charge is -2.37. The average molecular weight is 388 g/mol. The van der Waals surface area contributed by atoms with Crippen molar-refractivity contribution in [1.82, 2.24) is 9.59 Å². The summed E-state index contributed by atoms with van der Waals surface area (Å²) < 4.78 is 30.6. The van der Waals surface area contributed by atoms with Crippen molar-refractivity contribution in [3.63, 3.8) is 0 Å². The van der Waals surface area contributed by atoms with Crippen LogP contribution in [0.1, 0.15) is 29.4 Å². The van der Waals surface area contributed by atoms with E-state index in [4.69, 9.17) is 0 Å². The van der Waals surface area contributed by atoms with Gasteiger partial charge in [-0.2, -0.15) is 0 Å². The topological polar surface area (TPSA) is 34.7 Å². The van der Waals surface area contributed by atoms with Gasteiger partial charge in [-0.05, 0) is 35.8 Å². The number of hydrogen-bond acceptors (Lipinski definition) is 3. The lowest BCUT2D eigenvalue weighted by molar-refractivity contribution is -1.16. The van der Waals surface area contributed by atoms with Gasteiger partial charge in [0.15, 0.2) is 5.69 Å². The van der Waals surface area contributed by atoms with Gasteiger partial charge in [0.25, 0.3) is 6.17 Å². The minimum absolute atomic E-state index is 0.160. The SMILES string of the molecule is Fc1ccc(C[NH+]2CCC[NH+](Cc3ccc(F)cc3)C2c2csnn2)cc1. The van der Waals surface area contributed by atoms with Crippen LogP contribution in [0.4, 0.5) is 8.78 Å². The van der Waals surface area contributed by atoms with Crippen LogP contribution in [0.2, 0.25) is 0 Å². The summed E-state index contributed by atoms with van der Waals surface area (Å²) in [6, 6.07) is 13.5. The van der Waals surface area contributed by atoms with Gasteiger partial charge in [-0.1, -0.05) is 28.8 Å². The van der Waals surface area contributed by atoms with Crippen LogP contribution in [-0.2, 0) is 13.1 Å². The van der Waals surface area contributed by atoms with Gasteiger partial charge < -0.3 is 0 Å². The van der Waals surface area contributed by atoms with Gasteiger partial charge in [0, 0.05) is 22.9 Å². The third-order valence-corrected chi connectivity index (χ3v) is 5.70. The first-order valence-electron chi connectivity index (χ1n) is 9.14. The largest absolute Gasteiger partial charge is 0.277 e. The van der Waals surface area contributed by atoms with Crippen LogP contribution in [0.5, 0.6) is 0 Å². The molecule has 1 aliphatic heterocycles. The zero-order valence-corrected chi connectivity index (χ0v) is 15.7. The molecule has 1 aliphatic rings. The van der Waals surface area contributed by atoms with Crippen LogP contribution in [-0.4, -0.2) is 22.7 Å². The molecule has 1 fully saturated rings. The van der Waals surface area contributed by atoms with Crippen molar-refractivity contribution in [2.75, 3.05) is 13.1 Å². The molecule has 0 bridgehead atoms. The molecule has 7 heteroatoms. The van der Waals surface area contributed by atoms with Crippen LogP contribution in [0.25, 0.3) is 0 Å². The van der Waals surface area contributed by atoms with Gasteiger partial charge in [-0.3, -0.25) is 9.80 Å². The average Bonchev–Trinajstić information content (AvgIpc) is 3.20. The van der Waals surface area contributed by atoms with Crippen molar-refractivity contribution in [3.05, 3.63) is 82.4 Å². The molecule has 3 aromatic rings. The minimum atomic E-state index is -0.212. The zero-order chi connectivity index (χ0) is 18.6. The highest BCUT2D eigenvalue weighted by atomic mass is 32.1. The number of hydrogen-bond donors (Lipinski definition) is 2. The van der Waals surface area contributed by atoms with Crippen LogP contribution in [0.3, 0.4) is 0 Å². The molecule has 4 nitrogen and oxygen atoms in total. The van der Waals surface area contributed by atoms with E-state index in [0.29, 0.717) is 0 Å². The summed E-state index contributed by atoms with van der Waals surface area (Å²) in [6.45, 7) is 3.70. The molecular weight excluding hydrogens is 366 g/mol. The molecule has 2 atom stereocenters. The number of nitrogens with zero attached hydrogens (tertiary/aromatic N) is 2. The Morgan fingerprint density at radius 1 is 0.852 bits per heavy atom. The van der Waals surface area contributed by atoms with Crippen molar-refractivity contribution in [2.45, 2.75) is 25.7 Å². The summed E-state index contributed by atoms with van der Waals surface area (Å²) in [7, 11) is 0. The molecule has 0 saturated carbocycles. The molecule has 2 aromatic carbocycles. The van der Waals surface area contributed by atoms with E-state index in [1.54, 1.807) is 0 Å². The number of aromatic nitrogens is 2. The third-order valence-electron chi connectivity index (χ3n) is 5.17. The highest BCUT2D eigenvalue weighted by Gasteiger charge is 2.39. The number of halogens is 2. The molecule has 0 aliphatic carbocycles. The lowest BCUT2D eigenvalue weighted by atomic mass is 10.1. The maximum atomic E-state index is 13.2. The summed E-state index contributed by atoms with van der Waals surface area (Å²) >= 11 is 1.37. The van der Waals surface area contributed by atoms with Gasteiger partial charge >= 0.3 is 0 Å². The van der Waals surface area contributed by atoms with Crippen molar-refractivity contribution < 1.29 is 18.6 Å². The van der Waals surface area contributed by atoms with Gasteiger partial charge in [0.1, 0.15) is 24.7 Å². The Morgan fingerprint density at radius 2 is 1.37 bits per heavy atom. The second-order valence-electron chi connectivity index (χ2n) is 7.04. The highest BCUT2D eigenvalue weighted by Crippen LogP contribution is 2.08. The molecule has 2 heterocycles. The predicted molar refractivity (Wildman–Crippen MR) is 99.1 cm³/mol. The Hall–Kier alpha value is -2.22. The molecule has 0 amide bonds. The molecular formula is C20H22F2N4S+2. The first kappa shape index (κ1) is 18.2. The summed E-state index contributed by atoms with van der Waals surface area (Å²) in [5.41, 5.74) is 3.22. The van der Waals surface area contributed by atoms with Crippen LogP contribution >= 0.6 is 11.5 Å². The second kappa shape index (κ2) is 8.21.